The second kappa shape index (κ2) is 10.2. The molecule has 3 heterocycles. The molecule has 1 aliphatic rings. The molecule has 0 saturated carbocycles. The predicted octanol–water partition coefficient (Wildman–Crippen LogP) is 4.76. The number of Topliss-reactive ketones (excluding diaryl/α,β-unsaturated/α-hetero) is 1. The number of nitrogens with zero attached hydrogens (tertiary/aromatic N) is 3. The van der Waals surface area contributed by atoms with E-state index in [1.165, 1.54) is 0 Å². The largest absolute Gasteiger partial charge is 0.344 e. The van der Waals surface area contributed by atoms with E-state index in [4.69, 9.17) is 0 Å². The van der Waals surface area contributed by atoms with Crippen LogP contribution in [-0.4, -0.2) is 43.1 Å². The Morgan fingerprint density at radius 3 is 2.48 bits per heavy atom. The first-order valence-corrected chi connectivity index (χ1v) is 13.5. The number of ketones is 1. The molecule has 0 aliphatic carbocycles. The number of carbonyl (C=O) groups excluding carboxylic acids is 1. The summed E-state index contributed by atoms with van der Waals surface area (Å²) in [6.45, 7) is 5.97. The lowest BCUT2D eigenvalue weighted by atomic mass is 10.0. The summed E-state index contributed by atoms with van der Waals surface area (Å²) in [7, 11) is -3.53. The lowest BCUT2D eigenvalue weighted by molar-refractivity contribution is 0.0998. The Balaban J connectivity index is 1.51. The van der Waals surface area contributed by atoms with Crippen LogP contribution in [0.3, 0.4) is 0 Å². The molecule has 0 bridgehead atoms. The Labute approximate surface area is 199 Å². The highest BCUT2D eigenvalue weighted by Gasteiger charge is 2.28. The van der Waals surface area contributed by atoms with Gasteiger partial charge in [-0.3, -0.25) is 4.79 Å². The molecule has 2 aromatic heterocycles. The van der Waals surface area contributed by atoms with E-state index in [0.717, 1.165) is 29.1 Å². The highest BCUT2D eigenvalue weighted by molar-refractivity contribution is 7.89. The van der Waals surface area contributed by atoms with Crippen molar-refractivity contribution in [3.63, 3.8) is 0 Å². The highest BCUT2D eigenvalue weighted by atomic mass is 32.2. The molecule has 1 aliphatic heterocycles. The summed E-state index contributed by atoms with van der Waals surface area (Å²) in [6.07, 6.45) is 3.49. The highest BCUT2D eigenvalue weighted by Crippen LogP contribution is 2.25. The van der Waals surface area contributed by atoms with Gasteiger partial charge in [0, 0.05) is 29.7 Å². The number of pyridine rings is 1. The van der Waals surface area contributed by atoms with Crippen molar-refractivity contribution < 1.29 is 13.2 Å². The molecule has 0 spiro atoms. The van der Waals surface area contributed by atoms with Crippen LogP contribution in [-0.2, 0) is 16.6 Å². The molecule has 1 fully saturated rings. The third-order valence-corrected chi connectivity index (χ3v) is 8.87. The van der Waals surface area contributed by atoms with Crippen LogP contribution in [0.4, 0.5) is 5.82 Å². The first-order chi connectivity index (χ1) is 15.8. The molecule has 0 unspecified atom stereocenters. The van der Waals surface area contributed by atoms with Gasteiger partial charge in [0.15, 0.2) is 5.78 Å². The van der Waals surface area contributed by atoms with Gasteiger partial charge in [0.05, 0.1) is 18.0 Å². The summed E-state index contributed by atoms with van der Waals surface area (Å²) in [5, 5.41) is 2.02. The van der Waals surface area contributed by atoms with Crippen molar-refractivity contribution in [2.45, 2.75) is 38.1 Å². The van der Waals surface area contributed by atoms with Gasteiger partial charge in [-0.1, -0.05) is 19.1 Å². The number of hydrogen-bond donors (Lipinski definition) is 0. The molecule has 33 heavy (non-hydrogen) atoms. The van der Waals surface area contributed by atoms with Crippen molar-refractivity contribution in [2.24, 2.45) is 5.92 Å². The van der Waals surface area contributed by atoms with Crippen LogP contribution in [0, 0.1) is 12.8 Å². The van der Waals surface area contributed by atoms with Crippen LogP contribution in [0.5, 0.6) is 0 Å². The molecule has 4 rings (SSSR count). The third kappa shape index (κ3) is 5.51. The number of sulfonamides is 1. The summed E-state index contributed by atoms with van der Waals surface area (Å²) >= 11 is 1.64. The number of carbonyl (C=O) groups is 1. The Hall–Kier alpha value is -2.55. The number of aromatic nitrogens is 1. The molecule has 1 saturated heterocycles. The topological polar surface area (TPSA) is 70.6 Å². The molecule has 0 radical (unpaired) electrons. The van der Waals surface area contributed by atoms with E-state index in [2.05, 4.69) is 11.9 Å². The molecule has 174 valence electrons. The van der Waals surface area contributed by atoms with E-state index in [0.29, 0.717) is 31.1 Å². The second-order valence-corrected chi connectivity index (χ2v) is 11.6. The number of hydrogen-bond acceptors (Lipinski definition) is 6. The molecule has 1 aromatic carbocycles. The van der Waals surface area contributed by atoms with Gasteiger partial charge < -0.3 is 4.90 Å². The molecule has 0 atom stereocenters. The Morgan fingerprint density at radius 2 is 1.85 bits per heavy atom. The molecule has 8 heteroatoms. The van der Waals surface area contributed by atoms with Crippen molar-refractivity contribution in [1.82, 2.24) is 9.29 Å². The van der Waals surface area contributed by atoms with Crippen molar-refractivity contribution >= 4 is 33.0 Å². The first kappa shape index (κ1) is 23.6. The first-order valence-electron chi connectivity index (χ1n) is 11.2. The Bertz CT molecular complexity index is 1180. The van der Waals surface area contributed by atoms with Crippen LogP contribution in [0.1, 0.15) is 40.6 Å². The van der Waals surface area contributed by atoms with Gasteiger partial charge in [0.1, 0.15) is 5.82 Å². The van der Waals surface area contributed by atoms with Gasteiger partial charge in [-0.25, -0.2) is 13.4 Å². The standard InChI is InChI=1S/C25H29N3O3S2/c1-19-11-14-28(15-12-19)33(30,31)23-9-7-21(8-10-23)24(29)18-27(17-22-6-4-16-32-22)25-20(2)5-3-13-26-25/h3-10,13,16,19H,11-12,14-15,17-18H2,1-2H3. The molecular formula is C25H29N3O3S2. The number of rotatable bonds is 8. The fraction of sp³-hybridized carbons (Fsp3) is 0.360. The van der Waals surface area contributed by atoms with Gasteiger partial charge in [-0.15, -0.1) is 11.3 Å². The fourth-order valence-corrected chi connectivity index (χ4v) is 6.25. The SMILES string of the molecule is Cc1cccnc1N(CC(=O)c1ccc(S(=O)(=O)N2CCC(C)CC2)cc1)Cc1cccs1. The maximum Gasteiger partial charge on any atom is 0.243 e. The number of aryl methyl sites for hydroxylation is 1. The summed E-state index contributed by atoms with van der Waals surface area (Å²) in [5.41, 5.74) is 1.49. The molecular weight excluding hydrogens is 454 g/mol. The number of thiophene rings is 1. The fourth-order valence-electron chi connectivity index (χ4n) is 4.06. The van der Waals surface area contributed by atoms with Crippen molar-refractivity contribution in [3.8, 4) is 0 Å². The molecule has 0 N–H and O–H groups in total. The van der Waals surface area contributed by atoms with Crippen LogP contribution >= 0.6 is 11.3 Å². The maximum atomic E-state index is 13.1. The van der Waals surface area contributed by atoms with Crippen molar-refractivity contribution in [1.29, 1.82) is 0 Å². The van der Waals surface area contributed by atoms with Crippen molar-refractivity contribution in [2.75, 3.05) is 24.5 Å². The minimum atomic E-state index is -3.53. The zero-order valence-electron chi connectivity index (χ0n) is 19.0. The quantitative estimate of drug-likeness (QED) is 0.432. The van der Waals surface area contributed by atoms with Gasteiger partial charge in [-0.05, 0) is 73.0 Å². The van der Waals surface area contributed by atoms with E-state index < -0.39 is 10.0 Å². The van der Waals surface area contributed by atoms with Crippen LogP contribution < -0.4 is 4.90 Å². The number of anilines is 1. The third-order valence-electron chi connectivity index (χ3n) is 6.10. The van der Waals surface area contributed by atoms with Crippen LogP contribution in [0.15, 0.2) is 65.0 Å². The number of benzene rings is 1. The van der Waals surface area contributed by atoms with Crippen LogP contribution in [0.2, 0.25) is 0 Å². The lowest BCUT2D eigenvalue weighted by Crippen LogP contribution is -2.37. The van der Waals surface area contributed by atoms with Gasteiger partial charge in [0.25, 0.3) is 0 Å². The van der Waals surface area contributed by atoms with Gasteiger partial charge in [0.2, 0.25) is 10.0 Å². The van der Waals surface area contributed by atoms with E-state index in [-0.39, 0.29) is 17.2 Å². The van der Waals surface area contributed by atoms with E-state index in [1.807, 2.05) is 41.5 Å². The Kier molecular flexibility index (Phi) is 7.26. The van der Waals surface area contributed by atoms with Crippen molar-refractivity contribution in [3.05, 3.63) is 76.1 Å². The van der Waals surface area contributed by atoms with Gasteiger partial charge in [-0.2, -0.15) is 4.31 Å². The lowest BCUT2D eigenvalue weighted by Gasteiger charge is -2.29. The van der Waals surface area contributed by atoms with E-state index in [9.17, 15) is 13.2 Å². The molecule has 0 amide bonds. The summed E-state index contributed by atoms with van der Waals surface area (Å²) in [4.78, 5) is 21.0. The zero-order chi connectivity index (χ0) is 23.4. The normalized spacial score (nSPS) is 15.5. The smallest absolute Gasteiger partial charge is 0.243 e. The predicted molar refractivity (Wildman–Crippen MR) is 132 cm³/mol. The molecule has 3 aromatic rings. The van der Waals surface area contributed by atoms with Gasteiger partial charge >= 0.3 is 0 Å². The average molecular weight is 484 g/mol. The number of piperidine rings is 1. The minimum Gasteiger partial charge on any atom is -0.344 e. The van der Waals surface area contributed by atoms with E-state index in [1.54, 1.807) is 46.1 Å². The second-order valence-electron chi connectivity index (χ2n) is 8.61. The monoisotopic (exact) mass is 483 g/mol. The zero-order valence-corrected chi connectivity index (χ0v) is 20.6. The van der Waals surface area contributed by atoms with E-state index >= 15 is 0 Å². The van der Waals surface area contributed by atoms with Crippen LogP contribution in [0.25, 0.3) is 0 Å². The Morgan fingerprint density at radius 1 is 1.12 bits per heavy atom. The minimum absolute atomic E-state index is 0.0765. The summed E-state index contributed by atoms with van der Waals surface area (Å²) < 4.78 is 27.5. The average Bonchev–Trinajstić information content (AvgIpc) is 3.32. The molecule has 6 nitrogen and oxygen atoms in total. The maximum absolute atomic E-state index is 13.1. The summed E-state index contributed by atoms with van der Waals surface area (Å²) in [6, 6.07) is 14.2. The summed E-state index contributed by atoms with van der Waals surface area (Å²) in [5.74, 6) is 1.25.